The maximum atomic E-state index is 3.97. The Morgan fingerprint density at radius 1 is 1.18 bits per heavy atom. The molecule has 0 rings (SSSR count). The van der Waals surface area contributed by atoms with Gasteiger partial charge in [-0.1, -0.05) is 47.3 Å². The highest BCUT2D eigenvalue weighted by molar-refractivity contribution is 5.69. The molecule has 0 aromatic carbocycles. The summed E-state index contributed by atoms with van der Waals surface area (Å²) < 4.78 is 0. The molecule has 0 heterocycles. The molecule has 0 spiro atoms. The lowest BCUT2D eigenvalue weighted by atomic mass is 10.5. The second-order valence-corrected chi connectivity index (χ2v) is 1.29. The van der Waals surface area contributed by atoms with E-state index in [1.165, 1.54) is 0 Å². The van der Waals surface area contributed by atoms with Crippen LogP contribution in [0.15, 0.2) is 17.6 Å². The molecule has 0 aromatic heterocycles. The lowest BCUT2D eigenvalue weighted by Gasteiger charge is -1.78. The summed E-state index contributed by atoms with van der Waals surface area (Å²) in [6.07, 6.45) is 4.53. The summed E-state index contributed by atoms with van der Waals surface area (Å²) in [5.74, 6) is 0. The SMILES string of the molecule is C=CC=NCCC.CC.CC. The Labute approximate surface area is 72.2 Å². The zero-order chi connectivity index (χ0) is 9.54. The van der Waals surface area contributed by atoms with E-state index in [0.717, 1.165) is 13.0 Å². The predicted octanol–water partition coefficient (Wildman–Crippen LogP) is 3.71. The second-order valence-electron chi connectivity index (χ2n) is 1.29. The summed E-state index contributed by atoms with van der Waals surface area (Å²) in [7, 11) is 0. The van der Waals surface area contributed by atoms with E-state index in [2.05, 4.69) is 18.5 Å². The van der Waals surface area contributed by atoms with Crippen molar-refractivity contribution in [3.8, 4) is 0 Å². The minimum atomic E-state index is 0.923. The molecule has 0 radical (unpaired) electrons. The molecule has 1 nitrogen and oxygen atoms in total. The van der Waals surface area contributed by atoms with Crippen LogP contribution in [0.4, 0.5) is 0 Å². The Hall–Kier alpha value is -0.590. The Balaban J connectivity index is -0.000000138. The van der Waals surface area contributed by atoms with Crippen LogP contribution in [0.3, 0.4) is 0 Å². The molecule has 0 saturated carbocycles. The fourth-order valence-corrected chi connectivity index (χ4v) is 0.278. The molecule has 0 aliphatic heterocycles. The van der Waals surface area contributed by atoms with Gasteiger partial charge in [-0.2, -0.15) is 0 Å². The molecule has 0 saturated heterocycles. The third-order valence-corrected chi connectivity index (χ3v) is 0.564. The van der Waals surface area contributed by atoms with Gasteiger partial charge < -0.3 is 0 Å². The molecular formula is C10H23N. The van der Waals surface area contributed by atoms with Crippen molar-refractivity contribution in [3.63, 3.8) is 0 Å². The Bertz CT molecular complexity index is 65.3. The van der Waals surface area contributed by atoms with Crippen LogP contribution in [0.5, 0.6) is 0 Å². The smallest absolute Gasteiger partial charge is 0.0386 e. The number of hydrogen-bond acceptors (Lipinski definition) is 1. The van der Waals surface area contributed by atoms with Crippen LogP contribution >= 0.6 is 0 Å². The maximum Gasteiger partial charge on any atom is 0.0386 e. The highest BCUT2D eigenvalue weighted by atomic mass is 14.7. The molecule has 0 atom stereocenters. The third kappa shape index (κ3) is 44.4. The first-order chi connectivity index (χ1) is 5.41. The van der Waals surface area contributed by atoms with Crippen LogP contribution in [0, 0.1) is 0 Å². The normalized spacial score (nSPS) is 7.36. The lowest BCUT2D eigenvalue weighted by Crippen LogP contribution is -1.72. The molecule has 1 heteroatoms. The minimum Gasteiger partial charge on any atom is -0.293 e. The van der Waals surface area contributed by atoms with Crippen molar-refractivity contribution in [2.75, 3.05) is 6.54 Å². The number of hydrogen-bond donors (Lipinski definition) is 0. The van der Waals surface area contributed by atoms with Crippen molar-refractivity contribution >= 4 is 6.21 Å². The first kappa shape index (κ1) is 16.8. The standard InChI is InChI=1S/C6H11N.2C2H6/c1-3-5-7-6-4-2;2*1-2/h3,5H,1,4,6H2,2H3;2*1-2H3. The molecule has 0 aliphatic carbocycles. The van der Waals surface area contributed by atoms with Gasteiger partial charge in [0.2, 0.25) is 0 Å². The van der Waals surface area contributed by atoms with Gasteiger partial charge in [-0.05, 0) is 6.42 Å². The molecule has 0 unspecified atom stereocenters. The van der Waals surface area contributed by atoms with Crippen LogP contribution in [-0.2, 0) is 0 Å². The molecule has 0 N–H and O–H groups in total. The number of rotatable bonds is 3. The second kappa shape index (κ2) is 34.2. The quantitative estimate of drug-likeness (QED) is 0.554. The average molecular weight is 157 g/mol. The monoisotopic (exact) mass is 157 g/mol. The zero-order valence-electron chi connectivity index (χ0n) is 8.72. The number of aliphatic imine (C=N–C) groups is 1. The van der Waals surface area contributed by atoms with Crippen LogP contribution in [-0.4, -0.2) is 12.8 Å². The van der Waals surface area contributed by atoms with Crippen molar-refractivity contribution < 1.29 is 0 Å². The van der Waals surface area contributed by atoms with E-state index < -0.39 is 0 Å². The number of allylic oxidation sites excluding steroid dienone is 1. The highest BCUT2D eigenvalue weighted by Gasteiger charge is 1.66. The van der Waals surface area contributed by atoms with E-state index in [1.807, 2.05) is 27.7 Å². The van der Waals surface area contributed by atoms with E-state index in [0.29, 0.717) is 0 Å². The van der Waals surface area contributed by atoms with E-state index in [9.17, 15) is 0 Å². The van der Waals surface area contributed by atoms with E-state index >= 15 is 0 Å². The van der Waals surface area contributed by atoms with Crippen molar-refractivity contribution in [3.05, 3.63) is 12.7 Å². The van der Waals surface area contributed by atoms with Gasteiger partial charge in [0.1, 0.15) is 0 Å². The van der Waals surface area contributed by atoms with E-state index in [4.69, 9.17) is 0 Å². The predicted molar refractivity (Wildman–Crippen MR) is 56.5 cm³/mol. The van der Waals surface area contributed by atoms with Gasteiger partial charge in [0.05, 0.1) is 0 Å². The van der Waals surface area contributed by atoms with Gasteiger partial charge in [0.15, 0.2) is 0 Å². The summed E-state index contributed by atoms with van der Waals surface area (Å²) in [4.78, 5) is 3.97. The number of nitrogens with zero attached hydrogens (tertiary/aromatic N) is 1. The van der Waals surface area contributed by atoms with Gasteiger partial charge in [0.25, 0.3) is 0 Å². The van der Waals surface area contributed by atoms with Gasteiger partial charge in [-0.25, -0.2) is 0 Å². The maximum absolute atomic E-state index is 3.97. The Morgan fingerprint density at radius 3 is 1.91 bits per heavy atom. The fraction of sp³-hybridized carbons (Fsp3) is 0.700. The van der Waals surface area contributed by atoms with Crippen LogP contribution in [0.1, 0.15) is 41.0 Å². The van der Waals surface area contributed by atoms with Crippen molar-refractivity contribution in [1.82, 2.24) is 0 Å². The van der Waals surface area contributed by atoms with E-state index in [1.54, 1.807) is 12.3 Å². The van der Waals surface area contributed by atoms with Crippen molar-refractivity contribution in [2.45, 2.75) is 41.0 Å². The largest absolute Gasteiger partial charge is 0.293 e. The van der Waals surface area contributed by atoms with Gasteiger partial charge in [0, 0.05) is 12.8 Å². The summed E-state index contributed by atoms with van der Waals surface area (Å²) in [5.41, 5.74) is 0. The van der Waals surface area contributed by atoms with Crippen molar-refractivity contribution in [1.29, 1.82) is 0 Å². The molecule has 0 aliphatic rings. The molecule has 0 amide bonds. The molecule has 0 aromatic rings. The minimum absolute atomic E-state index is 0.923. The van der Waals surface area contributed by atoms with Crippen LogP contribution < -0.4 is 0 Å². The highest BCUT2D eigenvalue weighted by Crippen LogP contribution is 1.73. The van der Waals surface area contributed by atoms with Gasteiger partial charge in [-0.3, -0.25) is 4.99 Å². The molecule has 0 fully saturated rings. The summed E-state index contributed by atoms with van der Waals surface area (Å²) in [6, 6.07) is 0. The topological polar surface area (TPSA) is 12.4 Å². The first-order valence-corrected chi connectivity index (χ1v) is 4.52. The summed E-state index contributed by atoms with van der Waals surface area (Å²) in [5, 5.41) is 0. The van der Waals surface area contributed by atoms with Gasteiger partial charge in [-0.15, -0.1) is 0 Å². The molecular weight excluding hydrogens is 134 g/mol. The third-order valence-electron chi connectivity index (χ3n) is 0.564. The summed E-state index contributed by atoms with van der Waals surface area (Å²) >= 11 is 0. The first-order valence-electron chi connectivity index (χ1n) is 4.52. The average Bonchev–Trinajstić information content (AvgIpc) is 2.13. The van der Waals surface area contributed by atoms with Gasteiger partial charge >= 0.3 is 0 Å². The van der Waals surface area contributed by atoms with Crippen molar-refractivity contribution in [2.24, 2.45) is 4.99 Å². The summed E-state index contributed by atoms with van der Waals surface area (Å²) in [6.45, 7) is 14.5. The Kier molecular flexibility index (Phi) is 52.2. The molecule has 68 valence electrons. The molecule has 0 bridgehead atoms. The Morgan fingerprint density at radius 2 is 1.64 bits per heavy atom. The zero-order valence-corrected chi connectivity index (χ0v) is 8.72. The van der Waals surface area contributed by atoms with Crippen LogP contribution in [0.2, 0.25) is 0 Å². The fourth-order valence-electron chi connectivity index (χ4n) is 0.278. The lowest BCUT2D eigenvalue weighted by molar-refractivity contribution is 0.937. The van der Waals surface area contributed by atoms with E-state index in [-0.39, 0.29) is 0 Å². The van der Waals surface area contributed by atoms with Crippen LogP contribution in [0.25, 0.3) is 0 Å². The molecule has 11 heavy (non-hydrogen) atoms.